The van der Waals surface area contributed by atoms with Crippen LogP contribution in [0.1, 0.15) is 48.6 Å². The number of amides is 2. The average Bonchev–Trinajstić information content (AvgIpc) is 3.01. The zero-order valence-corrected chi connectivity index (χ0v) is 20.9. The van der Waals surface area contributed by atoms with Crippen LogP contribution in [0.3, 0.4) is 0 Å². The van der Waals surface area contributed by atoms with Crippen LogP contribution in [0.5, 0.6) is 0 Å². The Bertz CT molecular complexity index is 1210. The number of hydrogen-bond donors (Lipinski definition) is 1. The quantitative estimate of drug-likeness (QED) is 0.464. The Labute approximate surface area is 206 Å². The maximum Gasteiger partial charge on any atom is 0.410 e. The van der Waals surface area contributed by atoms with E-state index in [0.717, 1.165) is 22.3 Å². The largest absolute Gasteiger partial charge is 0.444 e. The molecule has 0 saturated heterocycles. The summed E-state index contributed by atoms with van der Waals surface area (Å²) in [4.78, 5) is 28.8. The summed E-state index contributed by atoms with van der Waals surface area (Å²) in [7, 11) is 0. The topological polar surface area (TPSA) is 67.9 Å². The van der Waals surface area contributed by atoms with Gasteiger partial charge in [0.15, 0.2) is 0 Å². The van der Waals surface area contributed by atoms with Gasteiger partial charge in [0, 0.05) is 5.56 Å². The molecule has 1 aliphatic rings. The van der Waals surface area contributed by atoms with E-state index < -0.39 is 17.4 Å². The van der Waals surface area contributed by atoms with Crippen molar-refractivity contribution >= 4 is 17.7 Å². The zero-order chi connectivity index (χ0) is 25.2. The highest BCUT2D eigenvalue weighted by molar-refractivity contribution is 6.08. The van der Waals surface area contributed by atoms with Crippen LogP contribution in [0.2, 0.25) is 0 Å². The molecule has 1 aliphatic heterocycles. The van der Waals surface area contributed by atoms with Gasteiger partial charge in [-0.25, -0.2) is 4.79 Å². The molecule has 1 atom stereocenters. The molecule has 3 aromatic carbocycles. The summed E-state index contributed by atoms with van der Waals surface area (Å²) in [6.45, 7) is 9.85. The van der Waals surface area contributed by atoms with Crippen LogP contribution >= 0.6 is 0 Å². The van der Waals surface area contributed by atoms with Crippen molar-refractivity contribution in [2.75, 3.05) is 4.90 Å². The molecule has 0 aromatic heterocycles. The van der Waals surface area contributed by atoms with E-state index in [1.807, 2.05) is 86.6 Å². The van der Waals surface area contributed by atoms with E-state index >= 15 is 0 Å². The number of para-hydroxylation sites is 1. The van der Waals surface area contributed by atoms with E-state index in [-0.39, 0.29) is 12.5 Å². The lowest BCUT2D eigenvalue weighted by Crippen LogP contribution is -2.55. The fourth-order valence-electron chi connectivity index (χ4n) is 4.35. The molecule has 0 fully saturated rings. The lowest BCUT2D eigenvalue weighted by atomic mass is 10.0. The summed E-state index contributed by atoms with van der Waals surface area (Å²) in [6, 6.07) is 23.1. The zero-order valence-electron chi connectivity index (χ0n) is 20.9. The summed E-state index contributed by atoms with van der Waals surface area (Å²) < 4.78 is 12.0. The Morgan fingerprint density at radius 3 is 2.20 bits per heavy atom. The van der Waals surface area contributed by atoms with Crippen molar-refractivity contribution in [2.45, 2.75) is 59.1 Å². The number of hydrogen-bond acceptors (Lipinski definition) is 4. The predicted molar refractivity (Wildman–Crippen MR) is 136 cm³/mol. The highest BCUT2D eigenvalue weighted by Gasteiger charge is 2.54. The van der Waals surface area contributed by atoms with Gasteiger partial charge in [0.25, 0.3) is 11.6 Å². The highest BCUT2D eigenvalue weighted by atomic mass is 16.6. The normalized spacial score (nSPS) is 17.3. The van der Waals surface area contributed by atoms with Crippen molar-refractivity contribution < 1.29 is 19.1 Å². The van der Waals surface area contributed by atoms with Gasteiger partial charge in [-0.2, -0.15) is 0 Å². The molecule has 2 amide bonds. The van der Waals surface area contributed by atoms with Crippen molar-refractivity contribution in [1.29, 1.82) is 0 Å². The summed E-state index contributed by atoms with van der Waals surface area (Å²) >= 11 is 0. The van der Waals surface area contributed by atoms with Gasteiger partial charge in [-0.3, -0.25) is 10.1 Å². The van der Waals surface area contributed by atoms with Crippen LogP contribution in [-0.2, 0) is 33.1 Å². The summed E-state index contributed by atoms with van der Waals surface area (Å²) in [5.41, 5.74) is 2.88. The van der Waals surface area contributed by atoms with Crippen molar-refractivity contribution in [3.8, 4) is 0 Å². The van der Waals surface area contributed by atoms with Gasteiger partial charge in [0.2, 0.25) is 0 Å². The molecule has 0 saturated carbocycles. The number of alkyl carbamates (subject to hydrolysis) is 1. The molecule has 182 valence electrons. The first-order valence-electron chi connectivity index (χ1n) is 11.8. The van der Waals surface area contributed by atoms with Crippen LogP contribution in [0.15, 0.2) is 72.8 Å². The van der Waals surface area contributed by atoms with Crippen LogP contribution < -0.4 is 10.2 Å². The standard InChI is InChI=1S/C29H32N2O4/c1-20-12-11-13-21(2)23(20)19-34-29(30-27(33)35-28(3,4)5)24-16-9-10-17-25(24)31(26(29)32)18-22-14-7-6-8-15-22/h6-17H,18-19H2,1-5H3,(H,30,33)/t29-/m1/s1. The highest BCUT2D eigenvalue weighted by Crippen LogP contribution is 2.43. The van der Waals surface area contributed by atoms with Gasteiger partial charge >= 0.3 is 6.09 Å². The van der Waals surface area contributed by atoms with Crippen molar-refractivity contribution in [1.82, 2.24) is 5.32 Å². The fourth-order valence-corrected chi connectivity index (χ4v) is 4.35. The van der Waals surface area contributed by atoms with E-state index in [1.54, 1.807) is 25.7 Å². The molecule has 6 nitrogen and oxygen atoms in total. The molecule has 0 bridgehead atoms. The number of carbonyl (C=O) groups is 2. The lowest BCUT2D eigenvalue weighted by Gasteiger charge is -2.31. The first-order valence-corrected chi connectivity index (χ1v) is 11.8. The number of ether oxygens (including phenoxy) is 2. The fraction of sp³-hybridized carbons (Fsp3) is 0.310. The number of nitrogens with one attached hydrogen (secondary N) is 1. The second kappa shape index (κ2) is 9.55. The first kappa shape index (κ1) is 24.5. The SMILES string of the molecule is Cc1cccc(C)c1CO[C@@]1(NC(=O)OC(C)(C)C)C(=O)N(Cc2ccccc2)c2ccccc21. The second-order valence-corrected chi connectivity index (χ2v) is 9.86. The third-order valence-corrected chi connectivity index (χ3v) is 6.06. The first-order chi connectivity index (χ1) is 16.6. The maximum absolute atomic E-state index is 14.1. The average molecular weight is 473 g/mol. The van der Waals surface area contributed by atoms with Gasteiger partial charge in [-0.05, 0) is 62.9 Å². The number of anilines is 1. The summed E-state index contributed by atoms with van der Waals surface area (Å²) in [5, 5.41) is 2.81. The number of nitrogens with zero attached hydrogens (tertiary/aromatic N) is 1. The van der Waals surface area contributed by atoms with Gasteiger partial charge in [0.1, 0.15) is 5.60 Å². The van der Waals surface area contributed by atoms with Crippen LogP contribution in [0.25, 0.3) is 0 Å². The summed E-state index contributed by atoms with van der Waals surface area (Å²) in [6.07, 6.45) is -0.719. The van der Waals surface area contributed by atoms with E-state index in [0.29, 0.717) is 17.8 Å². The van der Waals surface area contributed by atoms with Gasteiger partial charge in [-0.15, -0.1) is 0 Å². The Hall–Kier alpha value is -3.64. The lowest BCUT2D eigenvalue weighted by molar-refractivity contribution is -0.151. The number of rotatable bonds is 6. The Balaban J connectivity index is 1.76. The molecular formula is C29H32N2O4. The Morgan fingerprint density at radius 2 is 1.54 bits per heavy atom. The summed E-state index contributed by atoms with van der Waals surface area (Å²) in [5.74, 6) is -0.361. The van der Waals surface area contributed by atoms with Crippen molar-refractivity contribution in [3.63, 3.8) is 0 Å². The number of aryl methyl sites for hydroxylation is 2. The molecule has 1 heterocycles. The molecule has 35 heavy (non-hydrogen) atoms. The predicted octanol–water partition coefficient (Wildman–Crippen LogP) is 5.74. The minimum Gasteiger partial charge on any atom is -0.444 e. The molecule has 4 rings (SSSR count). The minimum absolute atomic E-state index is 0.146. The number of fused-ring (bicyclic) bond motifs is 1. The number of carbonyl (C=O) groups excluding carboxylic acids is 2. The Kier molecular flexibility index (Phi) is 6.68. The molecule has 6 heteroatoms. The van der Waals surface area contributed by atoms with E-state index in [9.17, 15) is 9.59 Å². The van der Waals surface area contributed by atoms with Crippen molar-refractivity contribution in [3.05, 3.63) is 101 Å². The van der Waals surface area contributed by atoms with Crippen LogP contribution in [-0.4, -0.2) is 17.6 Å². The second-order valence-electron chi connectivity index (χ2n) is 9.86. The minimum atomic E-state index is -1.72. The van der Waals surface area contributed by atoms with Gasteiger partial charge in [-0.1, -0.05) is 66.7 Å². The van der Waals surface area contributed by atoms with E-state index in [4.69, 9.17) is 9.47 Å². The monoisotopic (exact) mass is 472 g/mol. The number of benzene rings is 3. The molecular weight excluding hydrogens is 440 g/mol. The van der Waals surface area contributed by atoms with Gasteiger partial charge in [0.05, 0.1) is 18.8 Å². The molecule has 0 spiro atoms. The third-order valence-electron chi connectivity index (χ3n) is 6.06. The van der Waals surface area contributed by atoms with E-state index in [2.05, 4.69) is 5.32 Å². The molecule has 3 aromatic rings. The molecule has 0 aliphatic carbocycles. The van der Waals surface area contributed by atoms with Crippen molar-refractivity contribution in [2.24, 2.45) is 0 Å². The van der Waals surface area contributed by atoms with Crippen LogP contribution in [0, 0.1) is 13.8 Å². The van der Waals surface area contributed by atoms with Gasteiger partial charge < -0.3 is 14.4 Å². The molecule has 0 radical (unpaired) electrons. The smallest absolute Gasteiger partial charge is 0.410 e. The van der Waals surface area contributed by atoms with E-state index in [1.165, 1.54) is 0 Å². The Morgan fingerprint density at radius 1 is 0.914 bits per heavy atom. The third kappa shape index (κ3) is 5.08. The van der Waals surface area contributed by atoms with Crippen LogP contribution in [0.4, 0.5) is 10.5 Å². The molecule has 0 unspecified atom stereocenters. The molecule has 1 N–H and O–H groups in total. The maximum atomic E-state index is 14.1.